The summed E-state index contributed by atoms with van der Waals surface area (Å²) >= 11 is 2.11. The number of aromatic nitrogens is 4. The molecular formula is C22H26N9O7S2+. The highest BCUT2D eigenvalue weighted by Gasteiger charge is 2.55. The van der Waals surface area contributed by atoms with E-state index in [-0.39, 0.29) is 23.2 Å². The van der Waals surface area contributed by atoms with Gasteiger partial charge in [0, 0.05) is 29.4 Å². The molecule has 0 bridgehead atoms. The van der Waals surface area contributed by atoms with E-state index in [1.165, 1.54) is 30.5 Å². The van der Waals surface area contributed by atoms with E-state index in [0.29, 0.717) is 11.3 Å². The Kier molecular flexibility index (Phi) is 7.13. The standard InChI is InChI=1S/C22H25N9O7S2/c1-22(2,20(36)37)38-27-12(15-26-21(23)40-28-15)16(32)25-13-17(33)31-14(19(34)35)10(9-39-18(13)31)8-29-7-4-11-24-5-3-6-30(11)29/h4,7,13,18H,3,5-6,8-9H2,1-2H3,(H5,23,25,26,28,32,34,35,36,37)/p+1/t13-,18-/m1/s1. The van der Waals surface area contributed by atoms with E-state index < -0.39 is 46.5 Å². The van der Waals surface area contributed by atoms with Crippen LogP contribution in [0.3, 0.4) is 0 Å². The molecule has 2 amide bonds. The van der Waals surface area contributed by atoms with Crippen molar-refractivity contribution in [2.75, 3.05) is 23.3 Å². The van der Waals surface area contributed by atoms with Crippen LogP contribution in [-0.2, 0) is 37.1 Å². The second-order valence-corrected chi connectivity index (χ2v) is 11.5. The van der Waals surface area contributed by atoms with Crippen LogP contribution in [0.2, 0.25) is 0 Å². The molecule has 6 N–H and O–H groups in total. The molecule has 0 aromatic carbocycles. The molecule has 0 radical (unpaired) electrons. The van der Waals surface area contributed by atoms with Crippen LogP contribution < -0.4 is 21.0 Å². The Hall–Kier alpha value is -4.19. The number of hydrogen-bond donors (Lipinski definition) is 5. The van der Waals surface area contributed by atoms with Gasteiger partial charge in [-0.05, 0) is 20.3 Å². The molecule has 16 nitrogen and oxygen atoms in total. The van der Waals surface area contributed by atoms with E-state index in [9.17, 15) is 29.4 Å². The molecular weight excluding hydrogens is 566 g/mol. The van der Waals surface area contributed by atoms with Gasteiger partial charge in [-0.3, -0.25) is 14.5 Å². The van der Waals surface area contributed by atoms with Crippen molar-refractivity contribution < 1.29 is 38.9 Å². The number of carboxylic acid groups (broad SMARTS) is 2. The normalized spacial score (nSPS) is 20.7. The zero-order valence-electron chi connectivity index (χ0n) is 21.4. The van der Waals surface area contributed by atoms with Crippen LogP contribution in [0.4, 0.5) is 10.9 Å². The van der Waals surface area contributed by atoms with Crippen molar-refractivity contribution in [3.8, 4) is 0 Å². The summed E-state index contributed by atoms with van der Waals surface area (Å²) in [5, 5.41) is 28.2. The van der Waals surface area contributed by atoms with Gasteiger partial charge in [0.25, 0.3) is 11.8 Å². The maximum Gasteiger partial charge on any atom is 0.352 e. The number of aliphatic carboxylic acids is 2. The molecule has 2 atom stereocenters. The van der Waals surface area contributed by atoms with E-state index in [1.54, 1.807) is 0 Å². The minimum Gasteiger partial charge on any atom is -0.478 e. The third-order valence-electron chi connectivity index (χ3n) is 6.48. The van der Waals surface area contributed by atoms with Gasteiger partial charge < -0.3 is 31.4 Å². The topological polar surface area (TPSA) is 218 Å². The zero-order chi connectivity index (χ0) is 28.8. The number of carbonyl (C=O) groups is 4. The van der Waals surface area contributed by atoms with Crippen molar-refractivity contribution in [2.45, 2.75) is 50.4 Å². The maximum absolute atomic E-state index is 13.2. The van der Waals surface area contributed by atoms with Crippen LogP contribution >= 0.6 is 23.3 Å². The summed E-state index contributed by atoms with van der Waals surface area (Å²) in [6.45, 7) is 4.41. The van der Waals surface area contributed by atoms with Crippen molar-refractivity contribution in [2.24, 2.45) is 5.16 Å². The molecule has 0 spiro atoms. The summed E-state index contributed by atoms with van der Waals surface area (Å²) in [6, 6.07) is 0.852. The number of rotatable bonds is 9. The highest BCUT2D eigenvalue weighted by molar-refractivity contribution is 8.00. The van der Waals surface area contributed by atoms with Gasteiger partial charge in [0.15, 0.2) is 23.7 Å². The average Bonchev–Trinajstić information content (AvgIpc) is 3.53. The Morgan fingerprint density at radius 2 is 2.15 bits per heavy atom. The van der Waals surface area contributed by atoms with Crippen LogP contribution in [0.1, 0.15) is 26.1 Å². The summed E-state index contributed by atoms with van der Waals surface area (Å²) in [6.07, 6.45) is 2.80. The number of oxime groups is 1. The number of β-lactam (4-membered cyclic amide) rings is 1. The molecule has 1 fully saturated rings. The maximum atomic E-state index is 13.2. The SMILES string of the molecule is CC(C)(ON=C(C(=O)N[C@@H]1C(=O)N2C(C(=O)O)=C(C[n+]3ccc4n3CCCN4)CS[C@H]12)c1nsc(N)n1)C(=O)O. The third kappa shape index (κ3) is 4.94. The van der Waals surface area contributed by atoms with Gasteiger partial charge in [-0.1, -0.05) is 5.16 Å². The first kappa shape index (κ1) is 27.4. The van der Waals surface area contributed by atoms with Crippen molar-refractivity contribution in [3.05, 3.63) is 29.4 Å². The summed E-state index contributed by atoms with van der Waals surface area (Å²) in [5.41, 5.74) is 3.83. The number of nitrogens with zero attached hydrogens (tertiary/aromatic N) is 6. The van der Waals surface area contributed by atoms with Crippen LogP contribution in [0.15, 0.2) is 28.7 Å². The molecule has 212 valence electrons. The Morgan fingerprint density at radius 3 is 2.83 bits per heavy atom. The second-order valence-electron chi connectivity index (χ2n) is 9.62. The van der Waals surface area contributed by atoms with E-state index in [1.807, 2.05) is 21.6 Å². The minimum absolute atomic E-state index is 0.0309. The van der Waals surface area contributed by atoms with Crippen molar-refractivity contribution in [3.63, 3.8) is 0 Å². The second kappa shape index (κ2) is 10.4. The number of nitrogens with two attached hydrogens (primary N) is 1. The van der Waals surface area contributed by atoms with Gasteiger partial charge in [0.1, 0.15) is 17.1 Å². The summed E-state index contributed by atoms with van der Waals surface area (Å²) in [7, 11) is 0. The number of thioether (sulfide) groups is 1. The monoisotopic (exact) mass is 592 g/mol. The molecule has 5 rings (SSSR count). The number of anilines is 2. The molecule has 3 aliphatic rings. The fourth-order valence-electron chi connectivity index (χ4n) is 4.37. The highest BCUT2D eigenvalue weighted by atomic mass is 32.2. The summed E-state index contributed by atoms with van der Waals surface area (Å²) in [5.74, 6) is -3.03. The summed E-state index contributed by atoms with van der Waals surface area (Å²) in [4.78, 5) is 60.2. The molecule has 18 heteroatoms. The molecule has 40 heavy (non-hydrogen) atoms. The number of carbonyl (C=O) groups excluding carboxylic acids is 2. The van der Waals surface area contributed by atoms with Gasteiger partial charge >= 0.3 is 11.9 Å². The van der Waals surface area contributed by atoms with Crippen molar-refractivity contribution in [1.29, 1.82) is 0 Å². The number of nitrogens with one attached hydrogen (secondary N) is 2. The third-order valence-corrected chi connectivity index (χ3v) is 8.37. The van der Waals surface area contributed by atoms with Gasteiger partial charge in [0.2, 0.25) is 17.1 Å². The first-order valence-corrected chi connectivity index (χ1v) is 13.9. The fraction of sp³-hybridized carbons (Fsp3) is 0.455. The van der Waals surface area contributed by atoms with Crippen LogP contribution in [0, 0.1) is 0 Å². The van der Waals surface area contributed by atoms with Crippen LogP contribution in [0.5, 0.6) is 0 Å². The lowest BCUT2D eigenvalue weighted by Crippen LogP contribution is -2.71. The Labute approximate surface area is 235 Å². The number of fused-ring (bicyclic) bond motifs is 2. The number of nitrogen functional groups attached to an aromatic ring is 1. The van der Waals surface area contributed by atoms with Crippen LogP contribution in [-0.4, -0.2) is 87.9 Å². The van der Waals surface area contributed by atoms with Crippen molar-refractivity contribution in [1.82, 2.24) is 24.3 Å². The molecule has 2 aromatic heterocycles. The Morgan fingerprint density at radius 1 is 1.38 bits per heavy atom. The fourth-order valence-corrected chi connectivity index (χ4v) is 6.14. The Bertz CT molecular complexity index is 1460. The summed E-state index contributed by atoms with van der Waals surface area (Å²) < 4.78 is 7.88. The number of amides is 2. The molecule has 1 saturated heterocycles. The lowest BCUT2D eigenvalue weighted by atomic mass is 10.0. The predicted molar refractivity (Wildman–Crippen MR) is 141 cm³/mol. The van der Waals surface area contributed by atoms with Crippen molar-refractivity contribution >= 4 is 63.7 Å². The first-order valence-electron chi connectivity index (χ1n) is 12.1. The average molecular weight is 593 g/mol. The van der Waals surface area contributed by atoms with Gasteiger partial charge in [-0.25, -0.2) is 9.59 Å². The highest BCUT2D eigenvalue weighted by Crippen LogP contribution is 2.40. The molecule has 0 saturated carbocycles. The van der Waals surface area contributed by atoms with E-state index in [2.05, 4.69) is 25.1 Å². The lowest BCUT2D eigenvalue weighted by Gasteiger charge is -2.49. The number of hydrogen-bond acceptors (Lipinski definition) is 12. The molecule has 0 aliphatic carbocycles. The smallest absolute Gasteiger partial charge is 0.352 e. The molecule has 5 heterocycles. The van der Waals surface area contributed by atoms with E-state index in [0.717, 1.165) is 36.9 Å². The van der Waals surface area contributed by atoms with Crippen LogP contribution in [0.25, 0.3) is 0 Å². The molecule has 2 aromatic rings. The van der Waals surface area contributed by atoms with Gasteiger partial charge in [0.05, 0.1) is 12.6 Å². The largest absolute Gasteiger partial charge is 0.478 e. The number of carboxylic acids is 2. The molecule has 0 unspecified atom stereocenters. The zero-order valence-corrected chi connectivity index (χ0v) is 23.0. The van der Waals surface area contributed by atoms with Gasteiger partial charge in [-0.15, -0.1) is 21.1 Å². The molecule has 3 aliphatic heterocycles. The lowest BCUT2D eigenvalue weighted by molar-refractivity contribution is -0.768. The predicted octanol–water partition coefficient (Wildman–Crippen LogP) is -0.952. The van der Waals surface area contributed by atoms with Gasteiger partial charge in [-0.2, -0.15) is 9.36 Å². The van der Waals surface area contributed by atoms with E-state index >= 15 is 0 Å². The minimum atomic E-state index is -1.78. The quantitative estimate of drug-likeness (QED) is 0.103. The van der Waals surface area contributed by atoms with E-state index in [4.69, 9.17) is 10.6 Å². The first-order chi connectivity index (χ1) is 19.0. The Balaban J connectivity index is 1.36.